The summed E-state index contributed by atoms with van der Waals surface area (Å²) in [6.07, 6.45) is 0. The van der Waals surface area contributed by atoms with Crippen molar-refractivity contribution in [1.29, 1.82) is 0 Å². The number of ether oxygens (including phenoxy) is 1. The van der Waals surface area contributed by atoms with Crippen LogP contribution in [-0.4, -0.2) is 12.9 Å². The van der Waals surface area contributed by atoms with Crippen molar-refractivity contribution in [2.24, 2.45) is 0 Å². The van der Waals surface area contributed by atoms with Crippen LogP contribution in [-0.2, 0) is 0 Å². The number of methoxy groups -OCH3 is 1. The van der Waals surface area contributed by atoms with E-state index in [2.05, 4.69) is 0 Å². The Kier molecular flexibility index (Phi) is 3.45. The fourth-order valence-corrected chi connectivity index (χ4v) is 1.76. The molecule has 0 bridgehead atoms. The van der Waals surface area contributed by atoms with Crippen molar-refractivity contribution in [3.63, 3.8) is 0 Å². The smallest absolute Gasteiger partial charge is 0.196 e. The van der Waals surface area contributed by atoms with Crippen LogP contribution in [0.15, 0.2) is 48.5 Å². The normalized spacial score (nSPS) is 10.0. The Balaban J connectivity index is 2.44. The Morgan fingerprint density at radius 3 is 2.47 bits per heavy atom. The second-order valence-electron chi connectivity index (χ2n) is 3.54. The van der Waals surface area contributed by atoms with Gasteiger partial charge in [-0.3, -0.25) is 4.79 Å². The van der Waals surface area contributed by atoms with Gasteiger partial charge in [-0.15, -0.1) is 0 Å². The van der Waals surface area contributed by atoms with Crippen molar-refractivity contribution >= 4 is 17.4 Å². The average molecular weight is 247 g/mol. The SMILES string of the molecule is COc1cc(Cl)ccc1C(=O)c1ccccc1. The molecule has 17 heavy (non-hydrogen) atoms. The Bertz CT molecular complexity index is 535. The average Bonchev–Trinajstić information content (AvgIpc) is 2.39. The first-order chi connectivity index (χ1) is 8.22. The Hall–Kier alpha value is -1.80. The molecule has 2 rings (SSSR count). The van der Waals surface area contributed by atoms with Crippen LogP contribution < -0.4 is 4.74 Å². The molecule has 3 heteroatoms. The number of carbonyl (C=O) groups is 1. The van der Waals surface area contributed by atoms with Crippen LogP contribution in [0.1, 0.15) is 15.9 Å². The van der Waals surface area contributed by atoms with Crippen LogP contribution in [0.3, 0.4) is 0 Å². The van der Waals surface area contributed by atoms with Gasteiger partial charge in [-0.2, -0.15) is 0 Å². The molecular formula is C14H11ClO2. The number of carbonyl (C=O) groups excluding carboxylic acids is 1. The summed E-state index contributed by atoms with van der Waals surface area (Å²) in [6, 6.07) is 14.1. The maximum absolute atomic E-state index is 12.2. The lowest BCUT2D eigenvalue weighted by molar-refractivity contribution is 0.103. The van der Waals surface area contributed by atoms with Crippen LogP contribution in [0, 0.1) is 0 Å². The lowest BCUT2D eigenvalue weighted by atomic mass is 10.0. The quantitative estimate of drug-likeness (QED) is 0.774. The summed E-state index contributed by atoms with van der Waals surface area (Å²) in [5.41, 5.74) is 1.15. The largest absolute Gasteiger partial charge is 0.496 e. The number of hydrogen-bond donors (Lipinski definition) is 0. The molecule has 2 nitrogen and oxygen atoms in total. The summed E-state index contributed by atoms with van der Waals surface area (Å²) in [6.45, 7) is 0. The Labute approximate surface area is 105 Å². The van der Waals surface area contributed by atoms with Crippen LogP contribution in [0.2, 0.25) is 5.02 Å². The molecule has 0 aliphatic heterocycles. The Morgan fingerprint density at radius 2 is 1.82 bits per heavy atom. The maximum atomic E-state index is 12.2. The van der Waals surface area contributed by atoms with Crippen molar-refractivity contribution in [1.82, 2.24) is 0 Å². The van der Waals surface area contributed by atoms with Gasteiger partial charge in [0.25, 0.3) is 0 Å². The lowest BCUT2D eigenvalue weighted by Gasteiger charge is -2.07. The molecule has 0 aliphatic rings. The van der Waals surface area contributed by atoms with E-state index in [1.54, 1.807) is 30.3 Å². The zero-order valence-corrected chi connectivity index (χ0v) is 10.1. The van der Waals surface area contributed by atoms with Gasteiger partial charge >= 0.3 is 0 Å². The number of rotatable bonds is 3. The van der Waals surface area contributed by atoms with E-state index in [9.17, 15) is 4.79 Å². The standard InChI is InChI=1S/C14H11ClO2/c1-17-13-9-11(15)7-8-12(13)14(16)10-5-3-2-4-6-10/h2-9H,1H3. The van der Waals surface area contributed by atoms with Gasteiger partial charge < -0.3 is 4.74 Å². The molecule has 0 amide bonds. The van der Waals surface area contributed by atoms with E-state index in [0.29, 0.717) is 21.9 Å². The van der Waals surface area contributed by atoms with Crippen molar-refractivity contribution in [2.45, 2.75) is 0 Å². The molecule has 0 fully saturated rings. The summed E-state index contributed by atoms with van der Waals surface area (Å²) in [5, 5.41) is 0.548. The van der Waals surface area contributed by atoms with E-state index in [-0.39, 0.29) is 5.78 Å². The maximum Gasteiger partial charge on any atom is 0.196 e. The molecule has 2 aromatic rings. The third-order valence-corrected chi connectivity index (χ3v) is 2.68. The van der Waals surface area contributed by atoms with E-state index >= 15 is 0 Å². The minimum absolute atomic E-state index is 0.0703. The predicted octanol–water partition coefficient (Wildman–Crippen LogP) is 3.58. The lowest BCUT2D eigenvalue weighted by Crippen LogP contribution is -2.03. The van der Waals surface area contributed by atoms with Gasteiger partial charge in [-0.1, -0.05) is 41.9 Å². The van der Waals surface area contributed by atoms with Crippen LogP contribution in [0.5, 0.6) is 5.75 Å². The first kappa shape index (κ1) is 11.7. The molecule has 0 heterocycles. The second kappa shape index (κ2) is 5.02. The summed E-state index contributed by atoms with van der Waals surface area (Å²) in [4.78, 5) is 12.2. The highest BCUT2D eigenvalue weighted by atomic mass is 35.5. The molecule has 0 N–H and O–H groups in total. The van der Waals surface area contributed by atoms with Crippen molar-refractivity contribution < 1.29 is 9.53 Å². The highest BCUT2D eigenvalue weighted by Crippen LogP contribution is 2.25. The van der Waals surface area contributed by atoms with E-state index < -0.39 is 0 Å². The molecule has 0 saturated heterocycles. The summed E-state index contributed by atoms with van der Waals surface area (Å²) >= 11 is 5.85. The molecule has 0 aliphatic carbocycles. The highest BCUT2D eigenvalue weighted by molar-refractivity contribution is 6.31. The molecule has 0 radical (unpaired) electrons. The van der Waals surface area contributed by atoms with Crippen LogP contribution in [0.25, 0.3) is 0 Å². The fourth-order valence-electron chi connectivity index (χ4n) is 1.60. The molecule has 2 aromatic carbocycles. The number of hydrogen-bond acceptors (Lipinski definition) is 2. The fraction of sp³-hybridized carbons (Fsp3) is 0.0714. The van der Waals surface area contributed by atoms with Crippen LogP contribution >= 0.6 is 11.6 Å². The zero-order chi connectivity index (χ0) is 12.3. The van der Waals surface area contributed by atoms with Crippen molar-refractivity contribution in [3.8, 4) is 5.75 Å². The molecule has 0 unspecified atom stereocenters. The van der Waals surface area contributed by atoms with E-state index in [4.69, 9.17) is 16.3 Å². The van der Waals surface area contributed by atoms with E-state index in [1.165, 1.54) is 7.11 Å². The summed E-state index contributed by atoms with van der Waals surface area (Å²) < 4.78 is 5.16. The Morgan fingerprint density at radius 1 is 1.12 bits per heavy atom. The van der Waals surface area contributed by atoms with Crippen LogP contribution in [0.4, 0.5) is 0 Å². The second-order valence-corrected chi connectivity index (χ2v) is 3.98. The molecule has 0 atom stereocenters. The molecule has 0 saturated carbocycles. The minimum Gasteiger partial charge on any atom is -0.496 e. The molecular weight excluding hydrogens is 236 g/mol. The topological polar surface area (TPSA) is 26.3 Å². The van der Waals surface area contributed by atoms with Gasteiger partial charge in [0, 0.05) is 10.6 Å². The van der Waals surface area contributed by atoms with Gasteiger partial charge in [-0.25, -0.2) is 0 Å². The van der Waals surface area contributed by atoms with Gasteiger partial charge in [-0.05, 0) is 18.2 Å². The van der Waals surface area contributed by atoms with Gasteiger partial charge in [0.05, 0.1) is 12.7 Å². The number of benzene rings is 2. The third kappa shape index (κ3) is 2.48. The first-order valence-corrected chi connectivity index (χ1v) is 5.53. The zero-order valence-electron chi connectivity index (χ0n) is 9.31. The predicted molar refractivity (Wildman–Crippen MR) is 67.9 cm³/mol. The summed E-state index contributed by atoms with van der Waals surface area (Å²) in [7, 11) is 1.52. The van der Waals surface area contributed by atoms with Gasteiger partial charge in [0.15, 0.2) is 5.78 Å². The summed E-state index contributed by atoms with van der Waals surface area (Å²) in [5.74, 6) is 0.422. The highest BCUT2D eigenvalue weighted by Gasteiger charge is 2.14. The molecule has 0 aromatic heterocycles. The number of halogens is 1. The monoisotopic (exact) mass is 246 g/mol. The van der Waals surface area contributed by atoms with Gasteiger partial charge in [0.1, 0.15) is 5.75 Å². The third-order valence-electron chi connectivity index (χ3n) is 2.44. The van der Waals surface area contributed by atoms with Crippen molar-refractivity contribution in [3.05, 3.63) is 64.7 Å². The van der Waals surface area contributed by atoms with E-state index in [1.807, 2.05) is 18.2 Å². The van der Waals surface area contributed by atoms with Crippen molar-refractivity contribution in [2.75, 3.05) is 7.11 Å². The minimum atomic E-state index is -0.0703. The van der Waals surface area contributed by atoms with Gasteiger partial charge in [0.2, 0.25) is 0 Å². The number of ketones is 1. The molecule has 0 spiro atoms. The first-order valence-electron chi connectivity index (χ1n) is 5.15. The molecule has 86 valence electrons. The van der Waals surface area contributed by atoms with E-state index in [0.717, 1.165) is 0 Å².